The second-order valence-electron chi connectivity index (χ2n) is 8.30. The normalized spacial score (nSPS) is 16.7. The summed E-state index contributed by atoms with van der Waals surface area (Å²) in [6.07, 6.45) is 1.49. The number of guanidine groups is 1. The van der Waals surface area contributed by atoms with E-state index in [-0.39, 0.29) is 11.8 Å². The Kier molecular flexibility index (Phi) is 7.04. The number of likely N-dealkylation sites (tertiary alicyclic amines) is 1. The van der Waals surface area contributed by atoms with Gasteiger partial charge >= 0.3 is 0 Å². The lowest BCUT2D eigenvalue weighted by Gasteiger charge is -2.18. The topological polar surface area (TPSA) is 74.5 Å². The third-order valence-electron chi connectivity index (χ3n) is 5.97. The number of hydrogen-bond donors (Lipinski definition) is 2. The lowest BCUT2D eigenvalue weighted by Crippen LogP contribution is -2.40. The Morgan fingerprint density at radius 2 is 1.91 bits per heavy atom. The van der Waals surface area contributed by atoms with E-state index in [0.29, 0.717) is 13.0 Å². The molecule has 7 nitrogen and oxygen atoms in total. The molecule has 1 saturated heterocycles. The van der Waals surface area contributed by atoms with Crippen LogP contribution < -0.4 is 10.6 Å². The third kappa shape index (κ3) is 5.28. The molecule has 2 heterocycles. The monoisotopic (exact) mass is 432 g/mol. The highest BCUT2D eigenvalue weighted by atomic mass is 16.2. The van der Waals surface area contributed by atoms with E-state index in [9.17, 15) is 4.79 Å². The van der Waals surface area contributed by atoms with Crippen LogP contribution in [0.1, 0.15) is 24.7 Å². The summed E-state index contributed by atoms with van der Waals surface area (Å²) in [5.74, 6) is 2.22. The standard InChI is InChI=1S/C25H32N6O/c1-3-26-25(28-17-23-29-21-11-7-8-12-22(21)30(23)2)27-16-20-15-24(32)31(18-20)14-13-19-9-5-4-6-10-19/h4-12,20H,3,13-18H2,1-2H3,(H2,26,27,28). The molecule has 2 N–H and O–H groups in total. The molecule has 1 fully saturated rings. The Hall–Kier alpha value is -3.35. The Balaban J connectivity index is 1.31. The van der Waals surface area contributed by atoms with Gasteiger partial charge in [0.15, 0.2) is 5.96 Å². The molecule has 0 spiro atoms. The van der Waals surface area contributed by atoms with Gasteiger partial charge < -0.3 is 20.1 Å². The van der Waals surface area contributed by atoms with Crippen LogP contribution in [-0.2, 0) is 24.8 Å². The first-order valence-electron chi connectivity index (χ1n) is 11.4. The van der Waals surface area contributed by atoms with Crippen LogP contribution in [0.25, 0.3) is 11.0 Å². The summed E-state index contributed by atoms with van der Waals surface area (Å²) in [7, 11) is 2.02. The molecular weight excluding hydrogens is 400 g/mol. The number of para-hydroxylation sites is 2. The van der Waals surface area contributed by atoms with Crippen molar-refractivity contribution in [1.29, 1.82) is 0 Å². The fourth-order valence-electron chi connectivity index (χ4n) is 4.18. The minimum absolute atomic E-state index is 0.245. The smallest absolute Gasteiger partial charge is 0.223 e. The molecular formula is C25H32N6O. The van der Waals surface area contributed by atoms with Crippen LogP contribution in [0, 0.1) is 5.92 Å². The van der Waals surface area contributed by atoms with Gasteiger partial charge in [0.2, 0.25) is 5.91 Å². The highest BCUT2D eigenvalue weighted by molar-refractivity contribution is 5.81. The minimum Gasteiger partial charge on any atom is -0.357 e. The number of aliphatic imine (C=N–C) groups is 1. The molecule has 1 aliphatic rings. The first-order valence-corrected chi connectivity index (χ1v) is 11.4. The van der Waals surface area contributed by atoms with Crippen molar-refractivity contribution in [3.63, 3.8) is 0 Å². The summed E-state index contributed by atoms with van der Waals surface area (Å²) in [6.45, 7) is 5.62. The average Bonchev–Trinajstić information content (AvgIpc) is 3.34. The molecule has 0 aliphatic carbocycles. The molecule has 1 unspecified atom stereocenters. The molecule has 1 aliphatic heterocycles. The van der Waals surface area contributed by atoms with Crippen molar-refractivity contribution in [2.75, 3.05) is 26.2 Å². The SMILES string of the molecule is CCNC(=NCc1nc2ccccc2n1C)NCC1CC(=O)N(CCc2ccccc2)C1. The average molecular weight is 433 g/mol. The van der Waals surface area contributed by atoms with E-state index in [1.165, 1.54) is 5.56 Å². The molecule has 0 saturated carbocycles. The maximum Gasteiger partial charge on any atom is 0.223 e. The number of nitrogens with zero attached hydrogens (tertiary/aromatic N) is 4. The van der Waals surface area contributed by atoms with Crippen LogP contribution >= 0.6 is 0 Å². The van der Waals surface area contributed by atoms with E-state index in [0.717, 1.165) is 55.4 Å². The summed E-state index contributed by atoms with van der Waals surface area (Å²) in [5, 5.41) is 6.73. The number of hydrogen-bond acceptors (Lipinski definition) is 3. The van der Waals surface area contributed by atoms with Crippen LogP contribution in [0.3, 0.4) is 0 Å². The third-order valence-corrected chi connectivity index (χ3v) is 5.97. The fraction of sp³-hybridized carbons (Fsp3) is 0.400. The molecule has 1 amide bonds. The van der Waals surface area contributed by atoms with Gasteiger partial charge in [-0.1, -0.05) is 42.5 Å². The maximum atomic E-state index is 12.5. The van der Waals surface area contributed by atoms with Crippen LogP contribution in [-0.4, -0.2) is 52.5 Å². The van der Waals surface area contributed by atoms with Crippen LogP contribution in [0.15, 0.2) is 59.6 Å². The molecule has 168 valence electrons. The number of rotatable bonds is 8. The van der Waals surface area contributed by atoms with E-state index in [4.69, 9.17) is 9.98 Å². The van der Waals surface area contributed by atoms with E-state index < -0.39 is 0 Å². The number of imidazole rings is 1. The molecule has 1 aromatic heterocycles. The Morgan fingerprint density at radius 3 is 2.69 bits per heavy atom. The van der Waals surface area contributed by atoms with Gasteiger partial charge in [0.25, 0.3) is 0 Å². The summed E-state index contributed by atoms with van der Waals surface area (Å²) >= 11 is 0. The predicted molar refractivity (Wildman–Crippen MR) is 128 cm³/mol. The molecule has 2 aromatic carbocycles. The number of amides is 1. The molecule has 0 radical (unpaired) electrons. The predicted octanol–water partition coefficient (Wildman–Crippen LogP) is 2.72. The van der Waals surface area contributed by atoms with Gasteiger partial charge in [-0.05, 0) is 31.0 Å². The molecule has 0 bridgehead atoms. The van der Waals surface area contributed by atoms with Crippen LogP contribution in [0.2, 0.25) is 0 Å². The highest BCUT2D eigenvalue weighted by Gasteiger charge is 2.29. The molecule has 7 heteroatoms. The van der Waals surface area contributed by atoms with Gasteiger partial charge in [-0.25, -0.2) is 9.98 Å². The van der Waals surface area contributed by atoms with Gasteiger partial charge in [-0.15, -0.1) is 0 Å². The first kappa shape index (κ1) is 21.9. The van der Waals surface area contributed by atoms with Gasteiger partial charge in [-0.2, -0.15) is 0 Å². The number of benzene rings is 2. The Labute approximate surface area is 189 Å². The van der Waals surface area contributed by atoms with Crippen molar-refractivity contribution in [1.82, 2.24) is 25.1 Å². The first-order chi connectivity index (χ1) is 15.6. The summed E-state index contributed by atoms with van der Waals surface area (Å²) in [5.41, 5.74) is 3.36. The van der Waals surface area contributed by atoms with Gasteiger partial charge in [0.05, 0.1) is 11.0 Å². The Morgan fingerprint density at radius 1 is 1.12 bits per heavy atom. The van der Waals surface area contributed by atoms with Crippen molar-refractivity contribution >= 4 is 22.9 Å². The van der Waals surface area contributed by atoms with E-state index >= 15 is 0 Å². The zero-order chi connectivity index (χ0) is 22.3. The zero-order valence-corrected chi connectivity index (χ0v) is 18.9. The van der Waals surface area contributed by atoms with Gasteiger partial charge in [-0.3, -0.25) is 4.79 Å². The maximum absolute atomic E-state index is 12.5. The molecule has 32 heavy (non-hydrogen) atoms. The molecule has 4 rings (SSSR count). The summed E-state index contributed by atoms with van der Waals surface area (Å²) in [6, 6.07) is 18.5. The minimum atomic E-state index is 0.245. The lowest BCUT2D eigenvalue weighted by molar-refractivity contribution is -0.127. The quantitative estimate of drug-likeness (QED) is 0.424. The van der Waals surface area contributed by atoms with E-state index in [1.807, 2.05) is 48.3 Å². The largest absolute Gasteiger partial charge is 0.357 e. The number of aromatic nitrogens is 2. The second-order valence-corrected chi connectivity index (χ2v) is 8.30. The van der Waals surface area contributed by atoms with Crippen molar-refractivity contribution in [3.05, 3.63) is 66.0 Å². The Bertz CT molecular complexity index is 1070. The number of aryl methyl sites for hydroxylation is 1. The lowest BCUT2D eigenvalue weighted by atomic mass is 10.1. The zero-order valence-electron chi connectivity index (χ0n) is 18.9. The fourth-order valence-corrected chi connectivity index (χ4v) is 4.18. The van der Waals surface area contributed by atoms with Crippen molar-refractivity contribution in [2.24, 2.45) is 18.0 Å². The van der Waals surface area contributed by atoms with Gasteiger partial charge in [0, 0.05) is 45.6 Å². The molecule has 1 atom stereocenters. The van der Waals surface area contributed by atoms with E-state index in [2.05, 4.69) is 40.3 Å². The highest BCUT2D eigenvalue weighted by Crippen LogP contribution is 2.18. The summed E-state index contributed by atoms with van der Waals surface area (Å²) < 4.78 is 2.09. The molecule has 3 aromatic rings. The van der Waals surface area contributed by atoms with Gasteiger partial charge in [0.1, 0.15) is 12.4 Å². The van der Waals surface area contributed by atoms with E-state index in [1.54, 1.807) is 0 Å². The van der Waals surface area contributed by atoms with Crippen LogP contribution in [0.5, 0.6) is 0 Å². The number of nitrogens with one attached hydrogen (secondary N) is 2. The van der Waals surface area contributed by atoms with Crippen LogP contribution in [0.4, 0.5) is 0 Å². The summed E-state index contributed by atoms with van der Waals surface area (Å²) in [4.78, 5) is 23.9. The number of carbonyl (C=O) groups is 1. The van der Waals surface area contributed by atoms with Crippen molar-refractivity contribution in [3.8, 4) is 0 Å². The van der Waals surface area contributed by atoms with Crippen molar-refractivity contribution < 1.29 is 4.79 Å². The van der Waals surface area contributed by atoms with Crippen molar-refractivity contribution in [2.45, 2.75) is 26.3 Å². The number of carbonyl (C=O) groups excluding carboxylic acids is 1. The second kappa shape index (κ2) is 10.3. The number of fused-ring (bicyclic) bond motifs is 1.